The van der Waals surface area contributed by atoms with Crippen LogP contribution in [0.25, 0.3) is 12.2 Å². The molecule has 5 heteroatoms. The summed E-state index contributed by atoms with van der Waals surface area (Å²) in [6.07, 6.45) is 3.88. The predicted molar refractivity (Wildman–Crippen MR) is 105 cm³/mol. The number of likely N-dealkylation sites (N-methyl/N-ethyl adjacent to an activating group) is 1. The van der Waals surface area contributed by atoms with Gasteiger partial charge in [-0.2, -0.15) is 0 Å². The molecule has 1 aliphatic heterocycles. The van der Waals surface area contributed by atoms with Crippen LogP contribution in [0.4, 0.5) is 0 Å². The Balaban J connectivity index is 1.85. The maximum atomic E-state index is 12.9. The van der Waals surface area contributed by atoms with E-state index < -0.39 is 0 Å². The number of ketones is 1. The molecule has 0 saturated carbocycles. The van der Waals surface area contributed by atoms with Gasteiger partial charge in [-0.1, -0.05) is 42.0 Å². The molecule has 131 valence electrons. The summed E-state index contributed by atoms with van der Waals surface area (Å²) in [6.45, 7) is 3.31. The van der Waals surface area contributed by atoms with Crippen LogP contribution in [0.2, 0.25) is 0 Å². The first-order chi connectivity index (χ1) is 12.5. The van der Waals surface area contributed by atoms with Crippen molar-refractivity contribution in [3.63, 3.8) is 0 Å². The summed E-state index contributed by atoms with van der Waals surface area (Å²) in [5.74, 6) is 0.634. The lowest BCUT2D eigenvalue weighted by Crippen LogP contribution is -2.34. The second-order valence-electron chi connectivity index (χ2n) is 6.54. The highest BCUT2D eigenvalue weighted by Gasteiger charge is 2.23. The minimum Gasteiger partial charge on any atom is -0.537 e. The molecule has 1 N–H and O–H groups in total. The van der Waals surface area contributed by atoms with E-state index in [9.17, 15) is 4.79 Å². The Hall–Kier alpha value is -2.63. The monoisotopic (exact) mass is 346 g/mol. The Morgan fingerprint density at radius 2 is 1.46 bits per heavy atom. The number of Topliss-reactive ketones (excluding diaryl/α,β-unsaturated/α-hetero) is 1. The highest BCUT2D eigenvalue weighted by atomic mass is 16.5. The normalized spacial score (nSPS) is 18.3. The molecule has 0 bridgehead atoms. The Bertz CT molecular complexity index is 839. The van der Waals surface area contributed by atoms with Crippen LogP contribution in [-0.2, 0) is 4.79 Å². The van der Waals surface area contributed by atoms with Crippen LogP contribution in [0.15, 0.2) is 59.7 Å². The van der Waals surface area contributed by atoms with Crippen LogP contribution in [0.5, 0.6) is 5.75 Å². The molecule has 1 fully saturated rings. The predicted octanol–water partition coefficient (Wildman–Crippen LogP) is 2.88. The number of carbonyl (C=O) groups excluding carboxylic acids is 1. The van der Waals surface area contributed by atoms with Crippen molar-refractivity contribution in [2.24, 2.45) is 0 Å². The largest absolute Gasteiger partial charge is 0.569 e. The van der Waals surface area contributed by atoms with Gasteiger partial charge in [0.1, 0.15) is 5.75 Å². The third-order valence-electron chi connectivity index (χ3n) is 4.29. The van der Waals surface area contributed by atoms with Crippen LogP contribution >= 0.6 is 0 Å². The molecule has 1 saturated heterocycles. The Kier molecular flexibility index (Phi) is 5.71. The second kappa shape index (κ2) is 8.17. The SMILES string of the molecule is Cc1ccc(/C=C2\CN(C)C/C(=C\c3ccc(O[B]O)cc3)C2=O)cc1. The molecule has 0 aliphatic carbocycles. The zero-order valence-electron chi connectivity index (χ0n) is 15.0. The Morgan fingerprint density at radius 3 is 1.96 bits per heavy atom. The molecule has 2 aromatic carbocycles. The van der Waals surface area contributed by atoms with E-state index in [0.29, 0.717) is 26.5 Å². The Morgan fingerprint density at radius 1 is 0.962 bits per heavy atom. The van der Waals surface area contributed by atoms with Gasteiger partial charge in [-0.05, 0) is 49.4 Å². The summed E-state index contributed by atoms with van der Waals surface area (Å²) in [6, 6.07) is 15.4. The lowest BCUT2D eigenvalue weighted by molar-refractivity contribution is -0.113. The van der Waals surface area contributed by atoms with Crippen LogP contribution in [0, 0.1) is 6.92 Å². The lowest BCUT2D eigenvalue weighted by atomic mass is 9.94. The summed E-state index contributed by atoms with van der Waals surface area (Å²) in [4.78, 5) is 15.0. The molecule has 0 amide bonds. The number of nitrogens with zero attached hydrogens (tertiary/aromatic N) is 1. The minimum absolute atomic E-state index is 0.0905. The highest BCUT2D eigenvalue weighted by Crippen LogP contribution is 2.22. The van der Waals surface area contributed by atoms with Crippen LogP contribution < -0.4 is 4.65 Å². The van der Waals surface area contributed by atoms with Crippen molar-refractivity contribution in [1.29, 1.82) is 0 Å². The maximum absolute atomic E-state index is 12.9. The van der Waals surface area contributed by atoms with Crippen LogP contribution in [-0.4, -0.2) is 43.5 Å². The molecule has 2 aromatic rings. The summed E-state index contributed by atoms with van der Waals surface area (Å²) < 4.78 is 4.91. The first-order valence-electron chi connectivity index (χ1n) is 8.49. The summed E-state index contributed by atoms with van der Waals surface area (Å²) in [5.41, 5.74) is 4.72. The molecule has 0 atom stereocenters. The van der Waals surface area contributed by atoms with Gasteiger partial charge in [0, 0.05) is 24.2 Å². The van der Waals surface area contributed by atoms with Crippen molar-refractivity contribution in [3.05, 3.63) is 76.4 Å². The lowest BCUT2D eigenvalue weighted by Gasteiger charge is -2.26. The topological polar surface area (TPSA) is 49.8 Å². The number of likely N-dealkylation sites (tertiary alicyclic amines) is 1. The minimum atomic E-state index is 0.0905. The third kappa shape index (κ3) is 4.51. The van der Waals surface area contributed by atoms with Crippen molar-refractivity contribution in [1.82, 2.24) is 4.90 Å². The van der Waals surface area contributed by atoms with Crippen molar-refractivity contribution in [3.8, 4) is 5.75 Å². The van der Waals surface area contributed by atoms with Gasteiger partial charge in [-0.3, -0.25) is 9.69 Å². The van der Waals surface area contributed by atoms with Gasteiger partial charge in [0.05, 0.1) is 0 Å². The van der Waals surface area contributed by atoms with E-state index >= 15 is 0 Å². The quantitative estimate of drug-likeness (QED) is 0.683. The van der Waals surface area contributed by atoms with Crippen molar-refractivity contribution < 1.29 is 14.5 Å². The second-order valence-corrected chi connectivity index (χ2v) is 6.54. The third-order valence-corrected chi connectivity index (χ3v) is 4.29. The average molecular weight is 346 g/mol. The molecule has 0 spiro atoms. The smallest absolute Gasteiger partial charge is 0.537 e. The number of hydrogen-bond donors (Lipinski definition) is 1. The van der Waals surface area contributed by atoms with Crippen molar-refractivity contribution in [2.75, 3.05) is 20.1 Å². The molecule has 1 aliphatic rings. The number of piperidine rings is 1. The van der Waals surface area contributed by atoms with Gasteiger partial charge in [-0.25, -0.2) is 0 Å². The van der Waals surface area contributed by atoms with Gasteiger partial charge in [-0.15, -0.1) is 0 Å². The van der Waals surface area contributed by atoms with Gasteiger partial charge in [0.2, 0.25) is 0 Å². The molecule has 0 unspecified atom stereocenters. The van der Waals surface area contributed by atoms with Gasteiger partial charge in [0.15, 0.2) is 5.78 Å². The van der Waals surface area contributed by atoms with E-state index in [4.69, 9.17) is 9.68 Å². The fourth-order valence-electron chi connectivity index (χ4n) is 2.98. The number of rotatable bonds is 4. The number of carbonyl (C=O) groups is 1. The van der Waals surface area contributed by atoms with Crippen LogP contribution in [0.1, 0.15) is 16.7 Å². The van der Waals surface area contributed by atoms with Gasteiger partial charge >= 0.3 is 7.69 Å². The first kappa shape index (κ1) is 18.2. The molecule has 1 radical (unpaired) electrons. The zero-order valence-corrected chi connectivity index (χ0v) is 15.0. The fraction of sp³-hybridized carbons (Fsp3) is 0.190. The fourth-order valence-corrected chi connectivity index (χ4v) is 2.98. The summed E-state index contributed by atoms with van der Waals surface area (Å²) >= 11 is 0. The van der Waals surface area contributed by atoms with Crippen LogP contribution in [0.3, 0.4) is 0 Å². The number of hydrogen-bond acceptors (Lipinski definition) is 4. The van der Waals surface area contributed by atoms with E-state index in [2.05, 4.69) is 4.90 Å². The van der Waals surface area contributed by atoms with E-state index in [1.165, 1.54) is 5.56 Å². The molecule has 1 heterocycles. The standard InChI is InChI=1S/C21H21BNO3/c1-15-3-5-16(6-4-15)11-18-13-23(2)14-19(21(18)24)12-17-7-9-20(10-8-17)26-22-25/h3-12,25H,13-14H2,1-2H3/b18-11+,19-12+. The molecular formula is C21H21BNO3. The maximum Gasteiger partial charge on any atom is 0.569 e. The average Bonchev–Trinajstić information content (AvgIpc) is 2.63. The summed E-state index contributed by atoms with van der Waals surface area (Å²) in [7, 11) is 2.66. The molecular weight excluding hydrogens is 325 g/mol. The molecule has 3 rings (SSSR count). The van der Waals surface area contributed by atoms with Gasteiger partial charge in [0.25, 0.3) is 0 Å². The Labute approximate surface area is 154 Å². The van der Waals surface area contributed by atoms with E-state index in [1.807, 2.05) is 62.5 Å². The summed E-state index contributed by atoms with van der Waals surface area (Å²) in [5, 5.41) is 8.66. The van der Waals surface area contributed by atoms with Crippen molar-refractivity contribution in [2.45, 2.75) is 6.92 Å². The van der Waals surface area contributed by atoms with Crippen molar-refractivity contribution >= 4 is 25.6 Å². The zero-order chi connectivity index (χ0) is 18.5. The molecule has 4 nitrogen and oxygen atoms in total. The first-order valence-corrected chi connectivity index (χ1v) is 8.49. The van der Waals surface area contributed by atoms with Gasteiger partial charge < -0.3 is 9.68 Å². The number of aryl methyl sites for hydroxylation is 1. The molecule has 0 aromatic heterocycles. The number of benzene rings is 2. The highest BCUT2D eigenvalue weighted by molar-refractivity contribution is 6.17. The van der Waals surface area contributed by atoms with E-state index in [0.717, 1.165) is 22.3 Å². The van der Waals surface area contributed by atoms with E-state index in [-0.39, 0.29) is 5.78 Å². The molecule has 26 heavy (non-hydrogen) atoms. The van der Waals surface area contributed by atoms with E-state index in [1.54, 1.807) is 12.1 Å².